The van der Waals surface area contributed by atoms with Crippen LogP contribution in [0.1, 0.15) is 77.1 Å². The Morgan fingerprint density at radius 3 is 2.22 bits per heavy atom. The van der Waals surface area contributed by atoms with Gasteiger partial charge in [0.25, 0.3) is 0 Å². The van der Waals surface area contributed by atoms with Crippen molar-refractivity contribution in [2.45, 2.75) is 77.5 Å². The average molecular weight is 899 g/mol. The number of methoxy groups -OCH3 is 2. The topological polar surface area (TPSA) is 209 Å². The molecule has 7 rings (SSSR count). The highest BCUT2D eigenvalue weighted by Gasteiger charge is 2.38. The summed E-state index contributed by atoms with van der Waals surface area (Å²) in [4.78, 5) is 71.6. The minimum Gasteiger partial charge on any atom is -0.453 e. The maximum absolute atomic E-state index is 13.9. The molecule has 3 aromatic heterocycles. The molecule has 0 radical (unpaired) electrons. The van der Waals surface area contributed by atoms with E-state index in [0.29, 0.717) is 31.2 Å². The van der Waals surface area contributed by atoms with E-state index < -0.39 is 46.1 Å². The van der Waals surface area contributed by atoms with Crippen molar-refractivity contribution in [3.05, 3.63) is 72.4 Å². The Hall–Kier alpha value is -6.01. The largest absolute Gasteiger partial charge is 0.453 e. The Morgan fingerprint density at radius 2 is 1.57 bits per heavy atom. The predicted molar refractivity (Wildman–Crippen MR) is 244 cm³/mol. The van der Waals surface area contributed by atoms with Crippen molar-refractivity contribution in [1.82, 2.24) is 40.4 Å². The normalized spacial score (nSPS) is 15.7. The molecule has 0 spiro atoms. The SMILES string of the molecule is CC[C@@H](c1nc2ccc(-c3ccc4c(c3)sc3cc(-c5cnc([C@@H]6CCCN6C(=O)[C@@H](NC(=O)OC)C(C)C)[nH]5)ccc34)cc2[nH]1)N(CC)C(=O)[C@H](CCS(C)(=O)=O)NC(=O)OC. The lowest BCUT2D eigenvalue weighted by molar-refractivity contribution is -0.136. The third kappa shape index (κ3) is 9.66. The molecule has 4 amide bonds. The zero-order valence-electron chi connectivity index (χ0n) is 36.5. The minimum absolute atomic E-state index is 0.0941. The van der Waals surface area contributed by atoms with Crippen LogP contribution >= 0.6 is 11.3 Å². The van der Waals surface area contributed by atoms with Crippen molar-refractivity contribution < 1.29 is 37.1 Å². The van der Waals surface area contributed by atoms with Crippen LogP contribution in [0, 0.1) is 5.92 Å². The number of aromatic amines is 2. The van der Waals surface area contributed by atoms with Gasteiger partial charge in [0.05, 0.1) is 55.0 Å². The summed E-state index contributed by atoms with van der Waals surface area (Å²) in [5, 5.41) is 7.51. The molecule has 0 saturated carbocycles. The van der Waals surface area contributed by atoms with Gasteiger partial charge in [0.15, 0.2) is 0 Å². The van der Waals surface area contributed by atoms with E-state index in [0.717, 1.165) is 72.7 Å². The van der Waals surface area contributed by atoms with Gasteiger partial charge in [-0.25, -0.2) is 28.0 Å². The van der Waals surface area contributed by atoms with Crippen LogP contribution in [0.5, 0.6) is 0 Å². The first-order valence-corrected chi connectivity index (χ1v) is 24.0. The highest BCUT2D eigenvalue weighted by atomic mass is 32.2. The first-order chi connectivity index (χ1) is 30.1. The summed E-state index contributed by atoms with van der Waals surface area (Å²) < 4.78 is 35.7. The molecular formula is C45H54N8O8S2. The van der Waals surface area contributed by atoms with E-state index in [9.17, 15) is 27.6 Å². The van der Waals surface area contributed by atoms with Crippen LogP contribution in [0.3, 0.4) is 0 Å². The van der Waals surface area contributed by atoms with Crippen molar-refractivity contribution >= 4 is 76.4 Å². The molecule has 0 bridgehead atoms. The number of imidazole rings is 2. The van der Waals surface area contributed by atoms with Crippen LogP contribution in [0.15, 0.2) is 60.8 Å². The summed E-state index contributed by atoms with van der Waals surface area (Å²) in [5.74, 6) is 0.322. The summed E-state index contributed by atoms with van der Waals surface area (Å²) in [6.07, 6.45) is 3.47. The molecule has 4 heterocycles. The molecular weight excluding hydrogens is 845 g/mol. The van der Waals surface area contributed by atoms with E-state index in [1.807, 2.05) is 52.1 Å². The van der Waals surface area contributed by atoms with Gasteiger partial charge >= 0.3 is 12.2 Å². The third-order valence-electron chi connectivity index (χ3n) is 11.7. The average Bonchev–Trinajstić information content (AvgIpc) is 4.09. The number of aromatic nitrogens is 4. The van der Waals surface area contributed by atoms with Gasteiger partial charge in [0.1, 0.15) is 33.6 Å². The molecule has 0 aliphatic carbocycles. The van der Waals surface area contributed by atoms with E-state index in [-0.39, 0.29) is 30.0 Å². The monoisotopic (exact) mass is 898 g/mol. The smallest absolute Gasteiger partial charge is 0.407 e. The lowest BCUT2D eigenvalue weighted by Crippen LogP contribution is -2.51. The number of rotatable bonds is 15. The highest BCUT2D eigenvalue weighted by Crippen LogP contribution is 2.39. The first-order valence-electron chi connectivity index (χ1n) is 21.1. The van der Waals surface area contributed by atoms with Crippen LogP contribution in [-0.2, 0) is 28.9 Å². The zero-order chi connectivity index (χ0) is 45.2. The summed E-state index contributed by atoms with van der Waals surface area (Å²) in [5.41, 5.74) is 5.39. The highest BCUT2D eigenvalue weighted by molar-refractivity contribution is 7.90. The van der Waals surface area contributed by atoms with E-state index in [1.165, 1.54) is 14.2 Å². The fraction of sp³-hybridized carbons (Fsp3) is 0.422. The van der Waals surface area contributed by atoms with Crippen molar-refractivity contribution in [2.75, 3.05) is 39.3 Å². The van der Waals surface area contributed by atoms with Gasteiger partial charge in [-0.05, 0) is 73.9 Å². The number of nitrogens with one attached hydrogen (secondary N) is 4. The molecule has 1 aliphatic rings. The lowest BCUT2D eigenvalue weighted by Gasteiger charge is -2.32. The molecule has 4 N–H and O–H groups in total. The van der Waals surface area contributed by atoms with Crippen molar-refractivity contribution in [1.29, 1.82) is 0 Å². The number of sulfone groups is 1. The summed E-state index contributed by atoms with van der Waals surface area (Å²) >= 11 is 1.71. The fourth-order valence-electron chi connectivity index (χ4n) is 8.42. The maximum atomic E-state index is 13.9. The first kappa shape index (κ1) is 45.0. The Kier molecular flexibility index (Phi) is 13.4. The van der Waals surface area contributed by atoms with E-state index >= 15 is 0 Å². The molecule has 334 valence electrons. The van der Waals surface area contributed by atoms with Crippen molar-refractivity contribution in [3.63, 3.8) is 0 Å². The van der Waals surface area contributed by atoms with E-state index in [1.54, 1.807) is 21.1 Å². The van der Waals surface area contributed by atoms with Gasteiger partial charge in [0, 0.05) is 45.1 Å². The third-order valence-corrected chi connectivity index (χ3v) is 13.8. The number of nitrogens with zero attached hydrogens (tertiary/aromatic N) is 4. The number of alkyl carbamates (subject to hydrolysis) is 2. The number of hydrogen-bond donors (Lipinski definition) is 4. The van der Waals surface area contributed by atoms with E-state index in [2.05, 4.69) is 57.0 Å². The predicted octanol–water partition coefficient (Wildman–Crippen LogP) is 7.49. The molecule has 6 aromatic rings. The molecule has 18 heteroatoms. The number of amides is 4. The Balaban J connectivity index is 1.11. The quantitative estimate of drug-likeness (QED) is 0.0798. The number of likely N-dealkylation sites (tertiary alicyclic amines) is 1. The molecule has 1 saturated heterocycles. The van der Waals surface area contributed by atoms with Gasteiger partial charge in [0.2, 0.25) is 11.8 Å². The number of thiophene rings is 1. The summed E-state index contributed by atoms with van der Waals surface area (Å²) in [7, 11) is -0.924. The van der Waals surface area contributed by atoms with Gasteiger partial charge in [-0.2, -0.15) is 0 Å². The number of likely N-dealkylation sites (N-methyl/N-ethyl adjacent to an activating group) is 1. The molecule has 1 fully saturated rings. The number of carbonyl (C=O) groups excluding carboxylic acids is 4. The van der Waals surface area contributed by atoms with Crippen molar-refractivity contribution in [2.24, 2.45) is 5.92 Å². The molecule has 4 atom stereocenters. The molecule has 0 unspecified atom stereocenters. The second kappa shape index (κ2) is 18.8. The summed E-state index contributed by atoms with van der Waals surface area (Å²) in [6, 6.07) is 16.3. The lowest BCUT2D eigenvalue weighted by atomic mass is 10.0. The zero-order valence-corrected chi connectivity index (χ0v) is 38.1. The number of ether oxygens (including phenoxy) is 2. The molecule has 1 aliphatic heterocycles. The van der Waals surface area contributed by atoms with E-state index in [4.69, 9.17) is 19.4 Å². The molecule has 16 nitrogen and oxygen atoms in total. The fourth-order valence-corrected chi connectivity index (χ4v) is 10.3. The molecule has 63 heavy (non-hydrogen) atoms. The van der Waals surface area contributed by atoms with Crippen LogP contribution in [0.4, 0.5) is 9.59 Å². The number of fused-ring (bicyclic) bond motifs is 4. The Labute approximate surface area is 370 Å². The summed E-state index contributed by atoms with van der Waals surface area (Å²) in [6.45, 7) is 8.45. The minimum atomic E-state index is -3.40. The standard InChI is InChI=1S/C45H54N8O8S2/c1-8-35(52(9-2)42(54)32(50-44(56)60-5)18-20-63(7,58)59)41-47-31-17-14-26(21-33(31)48-41)27-12-15-29-30-16-13-28(23-38(30)62-37(29)22-27)34-24-46-40(49-34)36-11-10-19-53(36)43(55)39(25(3)4)51-45(57)61-6/h12-17,21-25,32,35-36,39H,8-11,18-20H2,1-7H3,(H,46,49)(H,47,48)(H,50,56)(H,51,57)/t32-,35-,36-,39-/m0/s1. The number of benzene rings is 3. The Morgan fingerprint density at radius 1 is 0.921 bits per heavy atom. The van der Waals surface area contributed by atoms with Crippen molar-refractivity contribution in [3.8, 4) is 22.4 Å². The van der Waals surface area contributed by atoms with Crippen LogP contribution in [-0.4, -0.2) is 114 Å². The van der Waals surface area contributed by atoms with Crippen LogP contribution in [0.2, 0.25) is 0 Å². The van der Waals surface area contributed by atoms with Crippen LogP contribution in [0.25, 0.3) is 53.6 Å². The maximum Gasteiger partial charge on any atom is 0.407 e. The van der Waals surface area contributed by atoms with Gasteiger partial charge in [-0.3, -0.25) is 9.59 Å². The second-order valence-electron chi connectivity index (χ2n) is 16.3. The van der Waals surface area contributed by atoms with Gasteiger partial charge in [-0.15, -0.1) is 11.3 Å². The van der Waals surface area contributed by atoms with Gasteiger partial charge < -0.3 is 39.9 Å². The van der Waals surface area contributed by atoms with Crippen LogP contribution < -0.4 is 10.6 Å². The Bertz CT molecular complexity index is 2780. The molecule has 3 aromatic carbocycles. The second-order valence-corrected chi connectivity index (χ2v) is 19.6. The number of H-pyrrole nitrogens is 2. The number of hydrogen-bond acceptors (Lipinski definition) is 11. The van der Waals surface area contributed by atoms with Gasteiger partial charge in [-0.1, -0.05) is 51.1 Å². The number of carbonyl (C=O) groups is 4.